The molecule has 0 saturated carbocycles. The fourth-order valence-electron chi connectivity index (χ4n) is 4.00. The second-order valence-corrected chi connectivity index (χ2v) is 7.84. The Morgan fingerprint density at radius 3 is 2.39 bits per heavy atom. The average Bonchev–Trinajstić information content (AvgIpc) is 3.42. The maximum atomic E-state index is 12.3. The third-order valence-electron chi connectivity index (χ3n) is 5.73. The average molecular weight is 391 g/mol. The standard InChI is InChI=1S/C20H34N6O2/c27-19(22-7-3-12-24-10-1-2-11-24)18-5-14-26(15-6-18)20(28)23-8-4-13-25-16-9-21-17-25/h9,16-18H,1-8,10-15H2,(H,22,27)(H,23,28). The number of aryl methyl sites for hydroxylation is 1. The van der Waals surface area contributed by atoms with E-state index in [4.69, 9.17) is 0 Å². The molecule has 0 aromatic carbocycles. The van der Waals surface area contributed by atoms with Crippen LogP contribution in [0.5, 0.6) is 0 Å². The maximum Gasteiger partial charge on any atom is 0.317 e. The van der Waals surface area contributed by atoms with Gasteiger partial charge in [-0.3, -0.25) is 4.79 Å². The van der Waals surface area contributed by atoms with Crippen LogP contribution in [0.4, 0.5) is 4.79 Å². The Balaban J connectivity index is 1.23. The molecule has 2 N–H and O–H groups in total. The molecule has 1 aromatic heterocycles. The molecule has 156 valence electrons. The van der Waals surface area contributed by atoms with Crippen LogP contribution in [0.1, 0.15) is 38.5 Å². The van der Waals surface area contributed by atoms with Gasteiger partial charge in [-0.25, -0.2) is 9.78 Å². The number of nitrogens with zero attached hydrogens (tertiary/aromatic N) is 4. The molecule has 1 aromatic rings. The number of nitrogens with one attached hydrogen (secondary N) is 2. The highest BCUT2D eigenvalue weighted by atomic mass is 16.2. The Morgan fingerprint density at radius 2 is 1.68 bits per heavy atom. The first kappa shape index (κ1) is 20.6. The number of aromatic nitrogens is 2. The number of imidazole rings is 1. The minimum atomic E-state index is -0.0184. The zero-order valence-corrected chi connectivity index (χ0v) is 16.8. The van der Waals surface area contributed by atoms with Crippen LogP contribution in [0.2, 0.25) is 0 Å². The highest BCUT2D eigenvalue weighted by molar-refractivity contribution is 5.79. The highest BCUT2D eigenvalue weighted by Gasteiger charge is 2.27. The molecule has 2 saturated heterocycles. The van der Waals surface area contributed by atoms with Crippen molar-refractivity contribution >= 4 is 11.9 Å². The molecule has 2 aliphatic heterocycles. The summed E-state index contributed by atoms with van der Waals surface area (Å²) in [6.07, 6.45) is 11.5. The number of amides is 3. The van der Waals surface area contributed by atoms with E-state index in [0.717, 1.165) is 45.3 Å². The summed E-state index contributed by atoms with van der Waals surface area (Å²) in [5, 5.41) is 6.06. The molecule has 0 aliphatic carbocycles. The van der Waals surface area contributed by atoms with E-state index >= 15 is 0 Å². The van der Waals surface area contributed by atoms with E-state index in [0.29, 0.717) is 19.6 Å². The first-order valence-electron chi connectivity index (χ1n) is 10.7. The molecule has 28 heavy (non-hydrogen) atoms. The van der Waals surface area contributed by atoms with Gasteiger partial charge in [-0.2, -0.15) is 0 Å². The highest BCUT2D eigenvalue weighted by Crippen LogP contribution is 2.17. The van der Waals surface area contributed by atoms with Crippen molar-refractivity contribution in [1.82, 2.24) is 30.0 Å². The quantitative estimate of drug-likeness (QED) is 0.623. The van der Waals surface area contributed by atoms with Crippen molar-refractivity contribution in [3.05, 3.63) is 18.7 Å². The molecular weight excluding hydrogens is 356 g/mol. The largest absolute Gasteiger partial charge is 0.356 e. The Bertz CT molecular complexity index is 592. The molecule has 8 nitrogen and oxygen atoms in total. The van der Waals surface area contributed by atoms with Gasteiger partial charge < -0.3 is 25.0 Å². The van der Waals surface area contributed by atoms with E-state index in [1.54, 1.807) is 12.5 Å². The lowest BCUT2D eigenvalue weighted by Gasteiger charge is -2.31. The summed E-state index contributed by atoms with van der Waals surface area (Å²) >= 11 is 0. The first-order chi connectivity index (χ1) is 13.7. The number of hydrogen-bond acceptors (Lipinski definition) is 4. The van der Waals surface area contributed by atoms with Gasteiger partial charge >= 0.3 is 6.03 Å². The van der Waals surface area contributed by atoms with Crippen LogP contribution in [-0.4, -0.2) is 77.1 Å². The zero-order chi connectivity index (χ0) is 19.6. The second-order valence-electron chi connectivity index (χ2n) is 7.84. The van der Waals surface area contributed by atoms with Crippen molar-refractivity contribution in [3.63, 3.8) is 0 Å². The monoisotopic (exact) mass is 390 g/mol. The van der Waals surface area contributed by atoms with E-state index in [9.17, 15) is 9.59 Å². The molecule has 2 fully saturated rings. The summed E-state index contributed by atoms with van der Waals surface area (Å²) in [7, 11) is 0. The fraction of sp³-hybridized carbons (Fsp3) is 0.750. The van der Waals surface area contributed by atoms with Crippen LogP contribution in [0.15, 0.2) is 18.7 Å². The Hall–Kier alpha value is -2.09. The van der Waals surface area contributed by atoms with E-state index in [1.807, 2.05) is 15.7 Å². The summed E-state index contributed by atoms with van der Waals surface area (Å²) in [6, 6.07) is -0.0184. The van der Waals surface area contributed by atoms with Crippen molar-refractivity contribution in [1.29, 1.82) is 0 Å². The van der Waals surface area contributed by atoms with Gasteiger partial charge in [-0.05, 0) is 58.2 Å². The molecule has 0 unspecified atom stereocenters. The maximum absolute atomic E-state index is 12.3. The number of urea groups is 1. The fourth-order valence-corrected chi connectivity index (χ4v) is 4.00. The predicted molar refractivity (Wildman–Crippen MR) is 108 cm³/mol. The topological polar surface area (TPSA) is 82.5 Å². The van der Waals surface area contributed by atoms with Crippen molar-refractivity contribution in [2.24, 2.45) is 5.92 Å². The lowest BCUT2D eigenvalue weighted by molar-refractivity contribution is -0.126. The lowest BCUT2D eigenvalue weighted by Crippen LogP contribution is -2.47. The molecule has 8 heteroatoms. The second kappa shape index (κ2) is 11.0. The number of hydrogen-bond donors (Lipinski definition) is 2. The number of piperidine rings is 1. The van der Waals surface area contributed by atoms with Gasteiger partial charge in [0.05, 0.1) is 6.33 Å². The van der Waals surface area contributed by atoms with Gasteiger partial charge in [0.15, 0.2) is 0 Å². The van der Waals surface area contributed by atoms with Crippen LogP contribution in [0.25, 0.3) is 0 Å². The predicted octanol–water partition coefficient (Wildman–Crippen LogP) is 1.30. The first-order valence-corrected chi connectivity index (χ1v) is 10.7. The van der Waals surface area contributed by atoms with Crippen molar-refractivity contribution in [3.8, 4) is 0 Å². The Morgan fingerprint density at radius 1 is 0.964 bits per heavy atom. The van der Waals surface area contributed by atoms with E-state index in [1.165, 1.54) is 25.9 Å². The summed E-state index contributed by atoms with van der Waals surface area (Å²) in [6.45, 7) is 7.05. The molecule has 2 aliphatic rings. The summed E-state index contributed by atoms with van der Waals surface area (Å²) in [5.74, 6) is 0.193. The zero-order valence-electron chi connectivity index (χ0n) is 16.8. The van der Waals surface area contributed by atoms with Gasteiger partial charge in [0.25, 0.3) is 0 Å². The van der Waals surface area contributed by atoms with Crippen molar-refractivity contribution < 1.29 is 9.59 Å². The van der Waals surface area contributed by atoms with Crippen LogP contribution < -0.4 is 10.6 Å². The number of carbonyl (C=O) groups is 2. The van der Waals surface area contributed by atoms with Crippen molar-refractivity contribution in [2.75, 3.05) is 45.8 Å². The summed E-state index contributed by atoms with van der Waals surface area (Å²) < 4.78 is 2.00. The molecule has 3 amide bonds. The normalized spacial score (nSPS) is 18.4. The van der Waals surface area contributed by atoms with Gasteiger partial charge in [0.1, 0.15) is 0 Å². The third-order valence-corrected chi connectivity index (χ3v) is 5.73. The van der Waals surface area contributed by atoms with Gasteiger partial charge in [0, 0.05) is 51.0 Å². The van der Waals surface area contributed by atoms with Crippen LogP contribution in [-0.2, 0) is 11.3 Å². The van der Waals surface area contributed by atoms with Gasteiger partial charge in [-0.1, -0.05) is 0 Å². The Kier molecular flexibility index (Phi) is 8.14. The van der Waals surface area contributed by atoms with Crippen LogP contribution >= 0.6 is 0 Å². The van der Waals surface area contributed by atoms with Gasteiger partial charge in [0.2, 0.25) is 5.91 Å². The van der Waals surface area contributed by atoms with Crippen LogP contribution in [0, 0.1) is 5.92 Å². The molecule has 3 rings (SSSR count). The molecule has 0 atom stereocenters. The van der Waals surface area contributed by atoms with Gasteiger partial charge in [-0.15, -0.1) is 0 Å². The van der Waals surface area contributed by atoms with Crippen LogP contribution in [0.3, 0.4) is 0 Å². The molecule has 0 spiro atoms. The molecular formula is C20H34N6O2. The lowest BCUT2D eigenvalue weighted by atomic mass is 9.96. The van der Waals surface area contributed by atoms with Crippen molar-refractivity contribution in [2.45, 2.75) is 45.1 Å². The summed E-state index contributed by atoms with van der Waals surface area (Å²) in [5.41, 5.74) is 0. The minimum absolute atomic E-state index is 0.0184. The number of rotatable bonds is 9. The summed E-state index contributed by atoms with van der Waals surface area (Å²) in [4.78, 5) is 32.9. The molecule has 0 bridgehead atoms. The Labute approximate surface area is 167 Å². The molecule has 0 radical (unpaired) electrons. The smallest absolute Gasteiger partial charge is 0.317 e. The molecule has 3 heterocycles. The number of likely N-dealkylation sites (tertiary alicyclic amines) is 2. The number of carbonyl (C=O) groups excluding carboxylic acids is 2. The van der Waals surface area contributed by atoms with E-state index < -0.39 is 0 Å². The van der Waals surface area contributed by atoms with E-state index in [-0.39, 0.29) is 17.9 Å². The van der Waals surface area contributed by atoms with E-state index in [2.05, 4.69) is 20.5 Å². The SMILES string of the molecule is O=C(NCCCN1CCCC1)C1CCN(C(=O)NCCCn2ccnc2)CC1. The minimum Gasteiger partial charge on any atom is -0.356 e. The third kappa shape index (κ3) is 6.51.